The summed E-state index contributed by atoms with van der Waals surface area (Å²) < 4.78 is 2.12. The fraction of sp³-hybridized carbons (Fsp3) is 0.357. The molecule has 1 aliphatic carbocycles. The zero-order valence-electron chi connectivity index (χ0n) is 20.7. The van der Waals surface area contributed by atoms with Gasteiger partial charge in [-0.3, -0.25) is 14.7 Å². The SMILES string of the molecule is CC(C)N1CCc2ncc(C3=CC(C(=O)Nc4cccc(-c5nncn5C5CC5)c4)NC=C3)cc2C1. The molecule has 2 N–H and O–H groups in total. The molecule has 8 heteroatoms. The van der Waals surface area contributed by atoms with Gasteiger partial charge in [0, 0.05) is 60.3 Å². The summed E-state index contributed by atoms with van der Waals surface area (Å²) in [4.78, 5) is 20.4. The molecule has 1 aromatic carbocycles. The highest BCUT2D eigenvalue weighted by molar-refractivity contribution is 5.98. The van der Waals surface area contributed by atoms with E-state index in [1.807, 2.05) is 48.8 Å². The Labute approximate surface area is 211 Å². The highest BCUT2D eigenvalue weighted by atomic mass is 16.2. The Morgan fingerprint density at radius 1 is 1.19 bits per heavy atom. The summed E-state index contributed by atoms with van der Waals surface area (Å²) in [6.07, 6.45) is 12.8. The van der Waals surface area contributed by atoms with Gasteiger partial charge in [-0.1, -0.05) is 12.1 Å². The second-order valence-corrected chi connectivity index (χ2v) is 10.1. The van der Waals surface area contributed by atoms with E-state index < -0.39 is 6.04 Å². The Bertz CT molecular complexity index is 1350. The van der Waals surface area contributed by atoms with Crippen molar-refractivity contribution in [3.8, 4) is 11.4 Å². The molecule has 1 amide bonds. The molecule has 3 aliphatic rings. The van der Waals surface area contributed by atoms with Crippen LogP contribution in [0, 0.1) is 0 Å². The monoisotopic (exact) mass is 481 g/mol. The zero-order valence-corrected chi connectivity index (χ0v) is 20.7. The smallest absolute Gasteiger partial charge is 0.250 e. The first kappa shape index (κ1) is 22.7. The topological polar surface area (TPSA) is 88.0 Å². The number of pyridine rings is 1. The number of aromatic nitrogens is 4. The summed E-state index contributed by atoms with van der Waals surface area (Å²) >= 11 is 0. The van der Waals surface area contributed by atoms with Gasteiger partial charge in [-0.2, -0.15) is 0 Å². The summed E-state index contributed by atoms with van der Waals surface area (Å²) in [5.74, 6) is 0.722. The highest BCUT2D eigenvalue weighted by Crippen LogP contribution is 2.37. The Morgan fingerprint density at radius 3 is 2.92 bits per heavy atom. The van der Waals surface area contributed by atoms with Crippen molar-refractivity contribution in [2.45, 2.75) is 57.8 Å². The van der Waals surface area contributed by atoms with Crippen molar-refractivity contribution >= 4 is 17.2 Å². The lowest BCUT2D eigenvalue weighted by atomic mass is 9.97. The van der Waals surface area contributed by atoms with E-state index >= 15 is 0 Å². The Hall–Kier alpha value is -3.78. The Kier molecular flexibility index (Phi) is 5.89. The molecule has 8 nitrogen and oxygen atoms in total. The van der Waals surface area contributed by atoms with Crippen LogP contribution in [0.25, 0.3) is 17.0 Å². The number of carbonyl (C=O) groups excluding carboxylic acids is 1. The molecular formula is C28H31N7O. The number of carbonyl (C=O) groups is 1. The van der Waals surface area contributed by atoms with Gasteiger partial charge < -0.3 is 15.2 Å². The number of dihydropyridines is 1. The molecule has 1 atom stereocenters. The number of nitrogens with zero attached hydrogens (tertiary/aromatic N) is 5. The molecular weight excluding hydrogens is 450 g/mol. The number of hydrogen-bond donors (Lipinski definition) is 2. The van der Waals surface area contributed by atoms with E-state index in [1.54, 1.807) is 6.33 Å². The van der Waals surface area contributed by atoms with Crippen LogP contribution < -0.4 is 10.6 Å². The molecule has 3 aromatic rings. The van der Waals surface area contributed by atoms with E-state index in [-0.39, 0.29) is 5.91 Å². The van der Waals surface area contributed by atoms with Crippen molar-refractivity contribution in [2.24, 2.45) is 0 Å². The Balaban J connectivity index is 1.18. The average molecular weight is 482 g/mol. The van der Waals surface area contributed by atoms with Crippen molar-refractivity contribution in [2.75, 3.05) is 11.9 Å². The summed E-state index contributed by atoms with van der Waals surface area (Å²) in [5.41, 5.74) is 6.17. The maximum Gasteiger partial charge on any atom is 0.250 e. The lowest BCUT2D eigenvalue weighted by Gasteiger charge is -2.31. The van der Waals surface area contributed by atoms with Crippen molar-refractivity contribution in [3.63, 3.8) is 0 Å². The molecule has 2 aromatic heterocycles. The minimum Gasteiger partial charge on any atom is -0.376 e. The van der Waals surface area contributed by atoms with Crippen LogP contribution >= 0.6 is 0 Å². The number of anilines is 1. The van der Waals surface area contributed by atoms with Gasteiger partial charge in [0.05, 0.1) is 0 Å². The van der Waals surface area contributed by atoms with E-state index in [1.165, 1.54) is 11.3 Å². The molecule has 4 heterocycles. The van der Waals surface area contributed by atoms with Gasteiger partial charge in [0.2, 0.25) is 0 Å². The zero-order chi connectivity index (χ0) is 24.6. The van der Waals surface area contributed by atoms with Crippen LogP contribution in [-0.2, 0) is 17.8 Å². The van der Waals surface area contributed by atoms with Gasteiger partial charge in [0.15, 0.2) is 5.82 Å². The van der Waals surface area contributed by atoms with Gasteiger partial charge in [0.1, 0.15) is 12.4 Å². The van der Waals surface area contributed by atoms with Gasteiger partial charge >= 0.3 is 0 Å². The predicted molar refractivity (Wildman–Crippen MR) is 140 cm³/mol. The molecule has 0 saturated heterocycles. The minimum atomic E-state index is -0.480. The molecule has 2 aliphatic heterocycles. The van der Waals surface area contributed by atoms with Crippen LogP contribution in [0.5, 0.6) is 0 Å². The maximum atomic E-state index is 13.2. The van der Waals surface area contributed by atoms with E-state index in [9.17, 15) is 4.79 Å². The first-order chi connectivity index (χ1) is 17.5. The number of allylic oxidation sites excluding steroid dienone is 2. The first-order valence-corrected chi connectivity index (χ1v) is 12.7. The second-order valence-electron chi connectivity index (χ2n) is 10.1. The van der Waals surface area contributed by atoms with Crippen molar-refractivity contribution in [1.82, 2.24) is 30.0 Å². The molecule has 0 radical (unpaired) electrons. The number of fused-ring (bicyclic) bond motifs is 1. The summed E-state index contributed by atoms with van der Waals surface area (Å²) in [5, 5.41) is 14.6. The lowest BCUT2D eigenvalue weighted by molar-refractivity contribution is -0.116. The van der Waals surface area contributed by atoms with Gasteiger partial charge in [-0.05, 0) is 74.4 Å². The predicted octanol–water partition coefficient (Wildman–Crippen LogP) is 3.95. The van der Waals surface area contributed by atoms with Gasteiger partial charge in [-0.15, -0.1) is 10.2 Å². The minimum absolute atomic E-state index is 0.116. The molecule has 1 saturated carbocycles. The standard InChI is InChI=1S/C28H31N7O/c1-18(2)34-11-9-25-22(16-34)12-21(15-30-25)19-8-10-29-26(14-19)28(36)32-23-5-3-4-20(13-23)27-33-31-17-35(27)24-6-7-24/h3-5,8,10,12-15,17-18,24,26,29H,6-7,9,11,16H2,1-2H3,(H,32,36). The van der Waals surface area contributed by atoms with Crippen LogP contribution in [0.1, 0.15) is 49.6 Å². The van der Waals surface area contributed by atoms with E-state index in [0.29, 0.717) is 12.1 Å². The maximum absolute atomic E-state index is 13.2. The summed E-state index contributed by atoms with van der Waals surface area (Å²) in [6, 6.07) is 10.5. The number of rotatable bonds is 6. The van der Waals surface area contributed by atoms with Crippen molar-refractivity contribution in [1.29, 1.82) is 0 Å². The molecule has 1 fully saturated rings. The fourth-order valence-corrected chi connectivity index (χ4v) is 4.94. The lowest BCUT2D eigenvalue weighted by Crippen LogP contribution is -2.37. The Morgan fingerprint density at radius 2 is 2.08 bits per heavy atom. The van der Waals surface area contributed by atoms with Crippen LogP contribution in [0.15, 0.2) is 61.2 Å². The summed E-state index contributed by atoms with van der Waals surface area (Å²) in [7, 11) is 0. The quantitative estimate of drug-likeness (QED) is 0.554. The third-order valence-corrected chi connectivity index (χ3v) is 7.20. The van der Waals surface area contributed by atoms with Crippen LogP contribution in [0.3, 0.4) is 0 Å². The number of nitrogens with one attached hydrogen (secondary N) is 2. The number of benzene rings is 1. The molecule has 0 bridgehead atoms. The number of amides is 1. The third-order valence-electron chi connectivity index (χ3n) is 7.20. The fourth-order valence-electron chi connectivity index (χ4n) is 4.94. The third kappa shape index (κ3) is 4.56. The van der Waals surface area contributed by atoms with Crippen molar-refractivity contribution < 1.29 is 4.79 Å². The molecule has 1 unspecified atom stereocenters. The molecule has 6 rings (SSSR count). The molecule has 184 valence electrons. The van der Waals surface area contributed by atoms with Crippen LogP contribution in [0.4, 0.5) is 5.69 Å². The van der Waals surface area contributed by atoms with Crippen molar-refractivity contribution in [3.05, 3.63) is 78.0 Å². The molecule has 0 spiro atoms. The first-order valence-electron chi connectivity index (χ1n) is 12.7. The molecule has 36 heavy (non-hydrogen) atoms. The highest BCUT2D eigenvalue weighted by Gasteiger charge is 2.27. The average Bonchev–Trinajstić information content (AvgIpc) is 3.64. The van der Waals surface area contributed by atoms with Crippen LogP contribution in [0.2, 0.25) is 0 Å². The summed E-state index contributed by atoms with van der Waals surface area (Å²) in [6.45, 7) is 6.43. The number of hydrogen-bond acceptors (Lipinski definition) is 6. The van der Waals surface area contributed by atoms with E-state index in [2.05, 4.69) is 50.2 Å². The van der Waals surface area contributed by atoms with Gasteiger partial charge in [-0.25, -0.2) is 0 Å². The van der Waals surface area contributed by atoms with Gasteiger partial charge in [0.25, 0.3) is 5.91 Å². The van der Waals surface area contributed by atoms with E-state index in [4.69, 9.17) is 4.98 Å². The largest absolute Gasteiger partial charge is 0.376 e. The van der Waals surface area contributed by atoms with E-state index in [0.717, 1.165) is 60.6 Å². The van der Waals surface area contributed by atoms with Crippen LogP contribution in [-0.4, -0.2) is 49.2 Å². The second kappa shape index (κ2) is 9.35. The normalized spacial score (nSPS) is 19.5.